The molecule has 2 saturated heterocycles. The molecule has 2 bridgehead atoms. The molecular formula is C30H33N5O5. The molecule has 7 rings (SSSR count). The molecule has 2 aromatic carbocycles. The molecule has 1 unspecified atom stereocenters. The van der Waals surface area contributed by atoms with Crippen molar-refractivity contribution >= 4 is 34.5 Å². The lowest BCUT2D eigenvalue weighted by Gasteiger charge is -2.44. The number of fused-ring (bicyclic) bond motifs is 9. The number of amides is 2. The number of hydrazine groups is 1. The number of rotatable bonds is 3. The van der Waals surface area contributed by atoms with Gasteiger partial charge in [0.15, 0.2) is 6.23 Å². The van der Waals surface area contributed by atoms with Crippen molar-refractivity contribution in [3.63, 3.8) is 0 Å². The van der Waals surface area contributed by atoms with Gasteiger partial charge in [-0.3, -0.25) is 29.8 Å². The van der Waals surface area contributed by atoms with Gasteiger partial charge in [0.25, 0.3) is 11.8 Å². The largest absolute Gasteiger partial charge is 0.383 e. The quantitative estimate of drug-likeness (QED) is 0.582. The molecule has 5 aliphatic heterocycles. The van der Waals surface area contributed by atoms with Crippen LogP contribution in [0, 0.1) is 0 Å². The van der Waals surface area contributed by atoms with Crippen molar-refractivity contribution in [2.75, 3.05) is 82.7 Å². The third-order valence-electron chi connectivity index (χ3n) is 8.28. The molecular weight excluding hydrogens is 510 g/mol. The van der Waals surface area contributed by atoms with Crippen LogP contribution >= 0.6 is 0 Å². The van der Waals surface area contributed by atoms with Crippen molar-refractivity contribution in [3.05, 3.63) is 70.8 Å². The first-order valence-electron chi connectivity index (χ1n) is 13.9. The van der Waals surface area contributed by atoms with E-state index in [1.54, 1.807) is 7.11 Å². The minimum Gasteiger partial charge on any atom is -0.383 e. The summed E-state index contributed by atoms with van der Waals surface area (Å²) < 4.78 is 17.9. The molecule has 40 heavy (non-hydrogen) atoms. The fourth-order valence-electron chi connectivity index (χ4n) is 6.47. The van der Waals surface area contributed by atoms with Crippen molar-refractivity contribution in [1.82, 2.24) is 15.2 Å². The van der Waals surface area contributed by atoms with Crippen molar-refractivity contribution in [2.45, 2.75) is 6.23 Å². The minimum absolute atomic E-state index is 0.355. The van der Waals surface area contributed by atoms with E-state index in [2.05, 4.69) is 37.3 Å². The first-order valence-corrected chi connectivity index (χ1v) is 13.9. The zero-order valence-corrected chi connectivity index (χ0v) is 22.6. The Morgan fingerprint density at radius 2 is 1.65 bits per heavy atom. The number of ether oxygens (including phenoxy) is 3. The lowest BCUT2D eigenvalue weighted by Crippen LogP contribution is -2.56. The third-order valence-corrected chi connectivity index (χ3v) is 8.28. The molecule has 5 aliphatic rings. The Hall–Kier alpha value is -3.70. The lowest BCUT2D eigenvalue weighted by atomic mass is 9.94. The van der Waals surface area contributed by atoms with Crippen LogP contribution in [-0.4, -0.2) is 101 Å². The van der Waals surface area contributed by atoms with E-state index in [4.69, 9.17) is 14.2 Å². The van der Waals surface area contributed by atoms with Gasteiger partial charge in [-0.05, 0) is 17.7 Å². The maximum atomic E-state index is 13.7. The summed E-state index contributed by atoms with van der Waals surface area (Å²) in [4.78, 5) is 31.8. The Morgan fingerprint density at radius 1 is 0.900 bits per heavy atom. The molecule has 0 aliphatic carbocycles. The van der Waals surface area contributed by atoms with E-state index in [0.29, 0.717) is 63.8 Å². The molecule has 0 radical (unpaired) electrons. The van der Waals surface area contributed by atoms with Crippen LogP contribution in [0.2, 0.25) is 0 Å². The van der Waals surface area contributed by atoms with E-state index in [0.717, 1.165) is 46.9 Å². The first kappa shape index (κ1) is 25.3. The molecule has 2 amide bonds. The summed E-state index contributed by atoms with van der Waals surface area (Å²) in [5, 5.41) is 6.93. The monoisotopic (exact) mass is 543 g/mol. The number of anilines is 2. The topological polar surface area (TPSA) is 86.8 Å². The highest BCUT2D eigenvalue weighted by Crippen LogP contribution is 2.48. The Labute approximate surface area is 233 Å². The van der Waals surface area contributed by atoms with Crippen LogP contribution in [0.3, 0.4) is 0 Å². The summed E-state index contributed by atoms with van der Waals surface area (Å²) in [6.45, 7) is 6.16. The van der Waals surface area contributed by atoms with Crippen molar-refractivity contribution < 1.29 is 23.8 Å². The number of methoxy groups -OCH3 is 1. The van der Waals surface area contributed by atoms with Crippen LogP contribution < -0.4 is 15.2 Å². The first-order chi connectivity index (χ1) is 19.7. The number of hydrogen-bond donors (Lipinski definition) is 1. The number of benzene rings is 2. The van der Waals surface area contributed by atoms with Crippen LogP contribution in [0.5, 0.6) is 0 Å². The summed E-state index contributed by atoms with van der Waals surface area (Å²) in [6, 6.07) is 16.2. The van der Waals surface area contributed by atoms with Gasteiger partial charge >= 0.3 is 0 Å². The summed E-state index contributed by atoms with van der Waals surface area (Å²) >= 11 is 0. The Kier molecular flexibility index (Phi) is 6.55. The smallest absolute Gasteiger partial charge is 0.261 e. The Morgan fingerprint density at radius 3 is 2.50 bits per heavy atom. The van der Waals surface area contributed by atoms with Gasteiger partial charge in [-0.25, -0.2) is 0 Å². The standard InChI is InChI=1S/C30H33N5O5/c1-38-14-10-32-11-15-39-16-12-33-18-22(20-6-2-4-8-23(20)33)26-27(30(37)31-29(26)36)28-21-7-3-5-9-24(21)34-13-17-40-25(19-32)35(28)34/h2-9,25H,10-19H2,1H3,(H,31,36,37)/b26-22+,28-27?. The number of nitrogens with one attached hydrogen (secondary N) is 1. The van der Waals surface area contributed by atoms with Crippen LogP contribution in [0.15, 0.2) is 59.7 Å². The maximum absolute atomic E-state index is 13.7. The lowest BCUT2D eigenvalue weighted by molar-refractivity contribution is -0.123. The fraction of sp³-hybridized carbons (Fsp3) is 0.400. The fourth-order valence-corrected chi connectivity index (χ4v) is 6.47. The number of para-hydroxylation sites is 2. The van der Waals surface area contributed by atoms with Gasteiger partial charge in [0.2, 0.25) is 0 Å². The SMILES string of the molecule is COCCN1CCOCCN2C/C(=C3\C(=O)NC(=O)C3=C3c4ccccc4N4CCOC(C1)N34)c1ccccc12. The van der Waals surface area contributed by atoms with E-state index in [-0.39, 0.29) is 18.0 Å². The molecule has 0 saturated carbocycles. The van der Waals surface area contributed by atoms with Gasteiger partial charge in [0.1, 0.15) is 0 Å². The van der Waals surface area contributed by atoms with Crippen LogP contribution in [0.25, 0.3) is 11.3 Å². The second kappa shape index (κ2) is 10.4. The van der Waals surface area contributed by atoms with E-state index >= 15 is 0 Å². The Bertz CT molecular complexity index is 1420. The summed E-state index contributed by atoms with van der Waals surface area (Å²) in [6.07, 6.45) is -0.368. The zero-order chi connectivity index (χ0) is 27.2. The Balaban J connectivity index is 1.45. The number of imide groups is 1. The number of carbonyl (C=O) groups excluding carboxylic acids is 2. The minimum atomic E-state index is -0.372. The summed E-state index contributed by atoms with van der Waals surface area (Å²) in [5.74, 6) is -0.727. The van der Waals surface area contributed by atoms with Crippen LogP contribution in [-0.2, 0) is 23.8 Å². The number of nitrogens with zero attached hydrogens (tertiary/aromatic N) is 4. The molecule has 2 aromatic rings. The molecule has 208 valence electrons. The van der Waals surface area contributed by atoms with E-state index in [9.17, 15) is 9.59 Å². The molecule has 0 spiro atoms. The number of hydrogen-bond acceptors (Lipinski definition) is 9. The second-order valence-corrected chi connectivity index (χ2v) is 10.5. The van der Waals surface area contributed by atoms with Crippen molar-refractivity contribution in [3.8, 4) is 0 Å². The maximum Gasteiger partial charge on any atom is 0.261 e. The highest BCUT2D eigenvalue weighted by Gasteiger charge is 2.47. The molecule has 10 heteroatoms. The average molecular weight is 544 g/mol. The summed E-state index contributed by atoms with van der Waals surface area (Å²) in [7, 11) is 1.70. The van der Waals surface area contributed by atoms with Gasteiger partial charge in [0.05, 0.1) is 55.5 Å². The van der Waals surface area contributed by atoms with E-state index in [1.165, 1.54) is 0 Å². The normalized spacial score (nSPS) is 24.8. The van der Waals surface area contributed by atoms with Crippen molar-refractivity contribution in [1.29, 1.82) is 0 Å². The van der Waals surface area contributed by atoms with Crippen molar-refractivity contribution in [2.24, 2.45) is 0 Å². The third kappa shape index (κ3) is 4.10. The molecule has 5 heterocycles. The molecule has 10 nitrogen and oxygen atoms in total. The summed E-state index contributed by atoms with van der Waals surface area (Å²) in [5.41, 5.74) is 6.41. The van der Waals surface area contributed by atoms with Gasteiger partial charge in [-0.15, -0.1) is 0 Å². The van der Waals surface area contributed by atoms with Crippen LogP contribution in [0.1, 0.15) is 11.1 Å². The average Bonchev–Trinajstić information content (AvgIpc) is 3.59. The number of carbonyl (C=O) groups is 2. The van der Waals surface area contributed by atoms with Gasteiger partial charge in [-0.1, -0.05) is 36.4 Å². The van der Waals surface area contributed by atoms with Crippen LogP contribution in [0.4, 0.5) is 11.4 Å². The van der Waals surface area contributed by atoms with Gasteiger partial charge in [0, 0.05) is 56.6 Å². The predicted octanol–water partition coefficient (Wildman–Crippen LogP) is 1.70. The predicted molar refractivity (Wildman–Crippen MR) is 150 cm³/mol. The van der Waals surface area contributed by atoms with Gasteiger partial charge < -0.3 is 19.1 Å². The van der Waals surface area contributed by atoms with E-state index in [1.807, 2.05) is 36.4 Å². The molecule has 1 N–H and O–H groups in total. The second-order valence-electron chi connectivity index (χ2n) is 10.5. The van der Waals surface area contributed by atoms with Gasteiger partial charge in [-0.2, -0.15) is 0 Å². The molecule has 2 fully saturated rings. The molecule has 0 aromatic heterocycles. The zero-order valence-electron chi connectivity index (χ0n) is 22.6. The molecule has 1 atom stereocenters. The highest BCUT2D eigenvalue weighted by molar-refractivity contribution is 6.31. The van der Waals surface area contributed by atoms with E-state index < -0.39 is 0 Å². The highest BCUT2D eigenvalue weighted by atomic mass is 16.5.